The fourth-order valence-electron chi connectivity index (χ4n) is 4.05. The van der Waals surface area contributed by atoms with Crippen molar-refractivity contribution in [1.82, 2.24) is 4.90 Å². The molecule has 1 saturated heterocycles. The summed E-state index contributed by atoms with van der Waals surface area (Å²) in [6.45, 7) is 1.53. The maximum atomic E-state index is 12.9. The molecular formula is C23H23F2NO4. The number of likely N-dealkylation sites (tertiary alicyclic amines) is 1. The van der Waals surface area contributed by atoms with Gasteiger partial charge in [-0.2, -0.15) is 8.78 Å². The minimum Gasteiger partial charge on any atom is -0.507 e. The van der Waals surface area contributed by atoms with E-state index in [1.54, 1.807) is 18.2 Å². The average molecular weight is 415 g/mol. The maximum Gasteiger partial charge on any atom is 0.387 e. The first-order valence-corrected chi connectivity index (χ1v) is 9.97. The summed E-state index contributed by atoms with van der Waals surface area (Å²) in [4.78, 5) is 15.1. The number of fused-ring (bicyclic) bond motifs is 1. The Kier molecular flexibility index (Phi) is 5.72. The fraction of sp³-hybridized carbons (Fsp3) is 0.348. The van der Waals surface area contributed by atoms with E-state index in [1.807, 2.05) is 0 Å². The molecule has 1 atom stereocenters. The number of alkyl halides is 2. The molecule has 2 aliphatic rings. The predicted octanol–water partition coefficient (Wildman–Crippen LogP) is 4.84. The van der Waals surface area contributed by atoms with Crippen LogP contribution in [0.15, 0.2) is 42.2 Å². The fourth-order valence-corrected chi connectivity index (χ4v) is 4.05. The van der Waals surface area contributed by atoms with Crippen LogP contribution in [-0.2, 0) is 6.54 Å². The smallest absolute Gasteiger partial charge is 0.387 e. The maximum absolute atomic E-state index is 12.9. The number of piperidine rings is 1. The van der Waals surface area contributed by atoms with E-state index in [1.165, 1.54) is 30.7 Å². The van der Waals surface area contributed by atoms with Gasteiger partial charge in [-0.05, 0) is 49.6 Å². The van der Waals surface area contributed by atoms with Gasteiger partial charge in [0, 0.05) is 18.7 Å². The van der Waals surface area contributed by atoms with Gasteiger partial charge in [-0.25, -0.2) is 0 Å². The van der Waals surface area contributed by atoms with Gasteiger partial charge in [-0.15, -0.1) is 0 Å². The Morgan fingerprint density at radius 1 is 1.30 bits per heavy atom. The molecule has 4 rings (SSSR count). The first-order valence-electron chi connectivity index (χ1n) is 9.97. The number of phenols is 1. The van der Waals surface area contributed by atoms with Crippen LogP contribution in [0.3, 0.4) is 0 Å². The third kappa shape index (κ3) is 4.16. The molecule has 30 heavy (non-hydrogen) atoms. The van der Waals surface area contributed by atoms with Crippen molar-refractivity contribution in [2.24, 2.45) is 5.92 Å². The number of Topliss-reactive ketones (excluding diaryl/α,β-unsaturated/α-hetero) is 1. The number of halogens is 2. The molecule has 2 aromatic rings. The molecule has 0 radical (unpaired) electrons. The normalized spacial score (nSPS) is 20.5. The van der Waals surface area contributed by atoms with Crippen LogP contribution in [0.4, 0.5) is 8.78 Å². The third-order valence-corrected chi connectivity index (χ3v) is 5.46. The molecule has 0 bridgehead atoms. The second-order valence-corrected chi connectivity index (χ2v) is 7.78. The first kappa shape index (κ1) is 20.3. The summed E-state index contributed by atoms with van der Waals surface area (Å²) < 4.78 is 35.7. The minimum absolute atomic E-state index is 0.00850. The largest absolute Gasteiger partial charge is 0.507 e. The summed E-state index contributed by atoms with van der Waals surface area (Å²) in [5.41, 5.74) is 1.23. The Labute approximate surface area is 173 Å². The van der Waals surface area contributed by atoms with Gasteiger partial charge in [-0.1, -0.05) is 25.1 Å². The Hall–Kier alpha value is -2.93. The number of ketones is 1. The molecular weight excluding hydrogens is 392 g/mol. The van der Waals surface area contributed by atoms with E-state index in [-0.39, 0.29) is 23.0 Å². The minimum atomic E-state index is -2.97. The molecule has 1 unspecified atom stereocenters. The van der Waals surface area contributed by atoms with Gasteiger partial charge in [0.15, 0.2) is 5.76 Å². The Morgan fingerprint density at radius 3 is 2.87 bits per heavy atom. The van der Waals surface area contributed by atoms with E-state index in [0.717, 1.165) is 19.5 Å². The number of allylic oxidation sites excluding steroid dienone is 1. The van der Waals surface area contributed by atoms with E-state index in [2.05, 4.69) is 16.6 Å². The van der Waals surface area contributed by atoms with Crippen molar-refractivity contribution in [3.8, 4) is 17.2 Å². The molecule has 2 heterocycles. The highest BCUT2D eigenvalue weighted by Crippen LogP contribution is 2.41. The van der Waals surface area contributed by atoms with Gasteiger partial charge >= 0.3 is 6.61 Å². The lowest BCUT2D eigenvalue weighted by molar-refractivity contribution is -0.0499. The van der Waals surface area contributed by atoms with Gasteiger partial charge < -0.3 is 14.6 Å². The summed E-state index contributed by atoms with van der Waals surface area (Å²) in [5.74, 6) is 0.582. The molecule has 0 spiro atoms. The van der Waals surface area contributed by atoms with Crippen LogP contribution >= 0.6 is 0 Å². The van der Waals surface area contributed by atoms with Crippen LogP contribution in [0.1, 0.15) is 41.3 Å². The van der Waals surface area contributed by atoms with Crippen LogP contribution < -0.4 is 9.47 Å². The second kappa shape index (κ2) is 8.44. The lowest BCUT2D eigenvalue weighted by Crippen LogP contribution is -2.33. The molecule has 0 amide bonds. The lowest BCUT2D eigenvalue weighted by atomic mass is 9.99. The Balaban J connectivity index is 1.64. The second-order valence-electron chi connectivity index (χ2n) is 7.78. The SMILES string of the molecule is CC1CCCN(Cc2c(O)ccc3c2O/C(=C/c2ccccc2OC(F)F)C3=O)C1. The van der Waals surface area contributed by atoms with Crippen LogP contribution in [0.5, 0.6) is 17.2 Å². The molecule has 0 aliphatic carbocycles. The molecule has 1 fully saturated rings. The molecule has 2 aromatic carbocycles. The van der Waals surface area contributed by atoms with Gasteiger partial charge in [0.1, 0.15) is 17.2 Å². The Bertz CT molecular complexity index is 989. The molecule has 2 aliphatic heterocycles. The van der Waals surface area contributed by atoms with Crippen molar-refractivity contribution < 1.29 is 28.2 Å². The number of phenolic OH excluding ortho intramolecular Hbond substituents is 1. The quantitative estimate of drug-likeness (QED) is 0.708. The molecule has 0 saturated carbocycles. The average Bonchev–Trinajstić information content (AvgIpc) is 3.01. The highest BCUT2D eigenvalue weighted by Gasteiger charge is 2.32. The van der Waals surface area contributed by atoms with Gasteiger partial charge in [-0.3, -0.25) is 9.69 Å². The number of benzene rings is 2. The third-order valence-electron chi connectivity index (χ3n) is 5.46. The highest BCUT2D eigenvalue weighted by atomic mass is 19.3. The zero-order valence-corrected chi connectivity index (χ0v) is 16.6. The number of carbonyl (C=O) groups is 1. The van der Waals surface area contributed by atoms with E-state index in [0.29, 0.717) is 34.9 Å². The lowest BCUT2D eigenvalue weighted by Gasteiger charge is -2.31. The van der Waals surface area contributed by atoms with E-state index < -0.39 is 6.61 Å². The number of aromatic hydroxyl groups is 1. The van der Waals surface area contributed by atoms with Crippen LogP contribution in [0.2, 0.25) is 0 Å². The monoisotopic (exact) mass is 415 g/mol. The molecule has 158 valence electrons. The van der Waals surface area contributed by atoms with E-state index in [9.17, 15) is 18.7 Å². The summed E-state index contributed by atoms with van der Waals surface area (Å²) in [6, 6.07) is 9.22. The number of carbonyl (C=O) groups excluding carboxylic acids is 1. The van der Waals surface area contributed by atoms with Crippen molar-refractivity contribution in [1.29, 1.82) is 0 Å². The van der Waals surface area contributed by atoms with Crippen molar-refractivity contribution in [2.45, 2.75) is 32.9 Å². The van der Waals surface area contributed by atoms with Crippen LogP contribution in [0, 0.1) is 5.92 Å². The Morgan fingerprint density at radius 2 is 2.10 bits per heavy atom. The van der Waals surface area contributed by atoms with Crippen LogP contribution in [0.25, 0.3) is 6.08 Å². The summed E-state index contributed by atoms with van der Waals surface area (Å²) in [5, 5.41) is 10.4. The van der Waals surface area contributed by atoms with Gasteiger partial charge in [0.2, 0.25) is 5.78 Å². The topological polar surface area (TPSA) is 59.0 Å². The first-order chi connectivity index (χ1) is 14.4. The number of rotatable bonds is 5. The number of nitrogens with zero attached hydrogens (tertiary/aromatic N) is 1. The highest BCUT2D eigenvalue weighted by molar-refractivity contribution is 6.15. The van der Waals surface area contributed by atoms with Crippen molar-refractivity contribution in [3.05, 3.63) is 58.8 Å². The number of hydrogen-bond acceptors (Lipinski definition) is 5. The predicted molar refractivity (Wildman–Crippen MR) is 108 cm³/mol. The number of para-hydroxylation sites is 1. The van der Waals surface area contributed by atoms with E-state index >= 15 is 0 Å². The van der Waals surface area contributed by atoms with Crippen molar-refractivity contribution in [3.63, 3.8) is 0 Å². The van der Waals surface area contributed by atoms with Crippen molar-refractivity contribution in [2.75, 3.05) is 13.1 Å². The molecule has 7 heteroatoms. The summed E-state index contributed by atoms with van der Waals surface area (Å²) in [7, 11) is 0. The molecule has 0 aromatic heterocycles. The van der Waals surface area contributed by atoms with Gasteiger partial charge in [0.05, 0.1) is 11.1 Å². The zero-order chi connectivity index (χ0) is 21.3. The van der Waals surface area contributed by atoms with E-state index in [4.69, 9.17) is 4.74 Å². The van der Waals surface area contributed by atoms with Crippen molar-refractivity contribution >= 4 is 11.9 Å². The molecule has 1 N–H and O–H groups in total. The number of hydrogen-bond donors (Lipinski definition) is 1. The number of ether oxygens (including phenoxy) is 2. The summed E-state index contributed by atoms with van der Waals surface area (Å²) >= 11 is 0. The summed E-state index contributed by atoms with van der Waals surface area (Å²) in [6.07, 6.45) is 3.66. The van der Waals surface area contributed by atoms with Gasteiger partial charge in [0.25, 0.3) is 0 Å². The van der Waals surface area contributed by atoms with Crippen LogP contribution in [-0.4, -0.2) is 35.5 Å². The zero-order valence-electron chi connectivity index (χ0n) is 16.6. The molecule has 5 nitrogen and oxygen atoms in total. The standard InChI is InChI=1S/C23H23F2NO4/c1-14-5-4-10-26(12-14)13-17-18(27)9-8-16-21(28)20(29-22(16)17)11-15-6-2-3-7-19(15)30-23(24)25/h2-3,6-9,11,14,23,27H,4-5,10,12-13H2,1H3/b20-11+.